The standard InChI is InChI=1S/C23H23N5/c1-23(2,3)15-10-8-14(9-11-15)19-17-12-13-28-21(17)20(26-22(24)27-28)16-6-4-5-7-18(16)25-19/h4-13,19,25H,1-3H3,(H2,24,27). The van der Waals surface area contributed by atoms with E-state index in [4.69, 9.17) is 5.73 Å². The number of fused-ring (bicyclic) bond motifs is 2. The quantitative estimate of drug-likeness (QED) is 0.506. The molecule has 1 unspecified atom stereocenters. The van der Waals surface area contributed by atoms with Gasteiger partial charge in [0.1, 0.15) is 5.69 Å². The molecule has 3 N–H and O–H groups in total. The van der Waals surface area contributed by atoms with Crippen molar-refractivity contribution in [3.63, 3.8) is 0 Å². The molecule has 1 aliphatic rings. The van der Waals surface area contributed by atoms with E-state index in [2.05, 4.69) is 78.6 Å². The first-order valence-corrected chi connectivity index (χ1v) is 9.53. The zero-order chi connectivity index (χ0) is 19.5. The van der Waals surface area contributed by atoms with Crippen LogP contribution in [0.15, 0.2) is 60.8 Å². The maximum atomic E-state index is 5.98. The summed E-state index contributed by atoms with van der Waals surface area (Å²) in [6.45, 7) is 6.70. The molecule has 2 aromatic carbocycles. The second-order valence-corrected chi connectivity index (χ2v) is 8.38. The average Bonchev–Trinajstić information content (AvgIpc) is 3.02. The van der Waals surface area contributed by atoms with E-state index in [0.29, 0.717) is 0 Å². The van der Waals surface area contributed by atoms with Crippen LogP contribution in [0.25, 0.3) is 16.8 Å². The van der Waals surface area contributed by atoms with Gasteiger partial charge in [0.15, 0.2) is 0 Å². The molecule has 5 rings (SSSR count). The first-order valence-electron chi connectivity index (χ1n) is 9.53. The smallest absolute Gasteiger partial charge is 0.238 e. The molecular weight excluding hydrogens is 346 g/mol. The number of hydrogen-bond donors (Lipinski definition) is 2. The van der Waals surface area contributed by atoms with E-state index in [9.17, 15) is 0 Å². The molecule has 1 atom stereocenters. The largest absolute Gasteiger partial charge is 0.374 e. The Bertz CT molecular complexity index is 1180. The van der Waals surface area contributed by atoms with E-state index in [0.717, 1.165) is 28.0 Å². The van der Waals surface area contributed by atoms with Crippen molar-refractivity contribution in [1.29, 1.82) is 0 Å². The van der Waals surface area contributed by atoms with Crippen LogP contribution in [0.3, 0.4) is 0 Å². The molecule has 0 saturated heterocycles. The highest BCUT2D eigenvalue weighted by Gasteiger charge is 2.27. The molecule has 3 heterocycles. The summed E-state index contributed by atoms with van der Waals surface area (Å²) in [5, 5.41) is 8.11. The Labute approximate surface area is 164 Å². The summed E-state index contributed by atoms with van der Waals surface area (Å²) in [7, 11) is 0. The van der Waals surface area contributed by atoms with Gasteiger partial charge in [-0.1, -0.05) is 63.2 Å². The molecule has 28 heavy (non-hydrogen) atoms. The van der Waals surface area contributed by atoms with Gasteiger partial charge in [-0.25, -0.2) is 9.50 Å². The summed E-state index contributed by atoms with van der Waals surface area (Å²) in [6.07, 6.45) is 1.96. The summed E-state index contributed by atoms with van der Waals surface area (Å²) >= 11 is 0. The summed E-state index contributed by atoms with van der Waals surface area (Å²) in [5.41, 5.74) is 13.7. The predicted octanol–water partition coefficient (Wildman–Crippen LogP) is 4.79. The third-order valence-electron chi connectivity index (χ3n) is 5.46. The molecule has 0 saturated carbocycles. The van der Waals surface area contributed by atoms with Crippen LogP contribution >= 0.6 is 0 Å². The Hall–Kier alpha value is -3.34. The molecule has 0 spiro atoms. The molecule has 4 aromatic rings. The normalized spacial score (nSPS) is 15.8. The van der Waals surface area contributed by atoms with Gasteiger partial charge in [0, 0.05) is 23.0 Å². The molecule has 0 amide bonds. The van der Waals surface area contributed by atoms with Crippen LogP contribution < -0.4 is 11.1 Å². The Morgan fingerprint density at radius 1 is 1.00 bits per heavy atom. The van der Waals surface area contributed by atoms with Crippen LogP contribution in [-0.4, -0.2) is 14.6 Å². The number of benzene rings is 2. The molecule has 0 bridgehead atoms. The number of anilines is 2. The lowest BCUT2D eigenvalue weighted by Crippen LogP contribution is -2.14. The van der Waals surface area contributed by atoms with Gasteiger partial charge >= 0.3 is 0 Å². The van der Waals surface area contributed by atoms with E-state index in [-0.39, 0.29) is 17.4 Å². The van der Waals surface area contributed by atoms with Crippen molar-refractivity contribution >= 4 is 17.2 Å². The summed E-state index contributed by atoms with van der Waals surface area (Å²) in [6, 6.07) is 19.2. The SMILES string of the molecule is CC(C)(C)c1ccc(C2Nc3ccccc3-c3nc(N)nn4ccc2c34)cc1. The molecule has 1 aliphatic heterocycles. The van der Waals surface area contributed by atoms with Gasteiger partial charge in [-0.2, -0.15) is 0 Å². The number of nitrogens with zero attached hydrogens (tertiary/aromatic N) is 3. The molecule has 0 aliphatic carbocycles. The maximum absolute atomic E-state index is 5.98. The van der Waals surface area contributed by atoms with Crippen molar-refractivity contribution in [1.82, 2.24) is 14.6 Å². The zero-order valence-corrected chi connectivity index (χ0v) is 16.3. The minimum absolute atomic E-state index is 0.00800. The Kier molecular flexibility index (Phi) is 3.50. The Morgan fingerprint density at radius 2 is 1.75 bits per heavy atom. The Morgan fingerprint density at radius 3 is 2.50 bits per heavy atom. The highest BCUT2D eigenvalue weighted by Crippen LogP contribution is 2.41. The van der Waals surface area contributed by atoms with E-state index in [1.807, 2.05) is 22.8 Å². The van der Waals surface area contributed by atoms with E-state index in [1.54, 1.807) is 0 Å². The maximum Gasteiger partial charge on any atom is 0.238 e. The number of hydrogen-bond acceptors (Lipinski definition) is 4. The lowest BCUT2D eigenvalue weighted by Gasteiger charge is -2.22. The molecule has 5 nitrogen and oxygen atoms in total. The topological polar surface area (TPSA) is 68.2 Å². The monoisotopic (exact) mass is 369 g/mol. The van der Waals surface area contributed by atoms with Gasteiger partial charge in [0.2, 0.25) is 5.95 Å². The first-order chi connectivity index (χ1) is 13.4. The second-order valence-electron chi connectivity index (χ2n) is 8.38. The molecule has 0 fully saturated rings. The third kappa shape index (κ3) is 2.54. The molecule has 5 heteroatoms. The van der Waals surface area contributed by atoms with Crippen LogP contribution in [0.2, 0.25) is 0 Å². The number of para-hydroxylation sites is 1. The second kappa shape index (κ2) is 5.83. The summed E-state index contributed by atoms with van der Waals surface area (Å²) in [4.78, 5) is 4.59. The lowest BCUT2D eigenvalue weighted by molar-refractivity contribution is 0.590. The van der Waals surface area contributed by atoms with Crippen molar-refractivity contribution in [3.8, 4) is 11.3 Å². The fourth-order valence-corrected chi connectivity index (χ4v) is 3.97. The van der Waals surface area contributed by atoms with Crippen molar-refractivity contribution < 1.29 is 0 Å². The molecule has 0 radical (unpaired) electrons. The zero-order valence-electron chi connectivity index (χ0n) is 16.3. The van der Waals surface area contributed by atoms with Gasteiger partial charge in [-0.3, -0.25) is 0 Å². The number of nitrogen functional groups attached to an aromatic ring is 1. The van der Waals surface area contributed by atoms with Crippen molar-refractivity contribution in [2.75, 3.05) is 11.1 Å². The predicted molar refractivity (Wildman–Crippen MR) is 113 cm³/mol. The van der Waals surface area contributed by atoms with Crippen LogP contribution in [0.4, 0.5) is 11.6 Å². The van der Waals surface area contributed by atoms with Crippen LogP contribution in [0.5, 0.6) is 0 Å². The highest BCUT2D eigenvalue weighted by molar-refractivity contribution is 5.90. The number of aromatic nitrogens is 3. The third-order valence-corrected chi connectivity index (χ3v) is 5.46. The van der Waals surface area contributed by atoms with Gasteiger partial charge < -0.3 is 11.1 Å². The van der Waals surface area contributed by atoms with Gasteiger partial charge in [-0.15, -0.1) is 5.10 Å². The fraction of sp³-hybridized carbons (Fsp3) is 0.217. The van der Waals surface area contributed by atoms with Crippen molar-refractivity contribution in [2.45, 2.75) is 32.2 Å². The van der Waals surface area contributed by atoms with E-state index < -0.39 is 0 Å². The minimum atomic E-state index is 0.00800. The van der Waals surface area contributed by atoms with Gasteiger partial charge in [0.25, 0.3) is 0 Å². The Balaban J connectivity index is 1.74. The van der Waals surface area contributed by atoms with Crippen LogP contribution in [-0.2, 0) is 5.41 Å². The van der Waals surface area contributed by atoms with Crippen molar-refractivity contribution in [3.05, 3.63) is 77.5 Å². The highest BCUT2D eigenvalue weighted by atomic mass is 15.3. The number of nitrogens with two attached hydrogens (primary N) is 1. The van der Waals surface area contributed by atoms with Crippen LogP contribution in [0.1, 0.15) is 43.5 Å². The molecule has 140 valence electrons. The summed E-state index contributed by atoms with van der Waals surface area (Å²) in [5.74, 6) is 0.271. The summed E-state index contributed by atoms with van der Waals surface area (Å²) < 4.78 is 1.84. The van der Waals surface area contributed by atoms with E-state index >= 15 is 0 Å². The van der Waals surface area contributed by atoms with Gasteiger partial charge in [0.05, 0.1) is 11.6 Å². The first kappa shape index (κ1) is 16.8. The van der Waals surface area contributed by atoms with E-state index in [1.165, 1.54) is 11.1 Å². The molecule has 2 aromatic heterocycles. The number of nitrogens with one attached hydrogen (secondary N) is 1. The minimum Gasteiger partial charge on any atom is -0.374 e. The number of rotatable bonds is 1. The average molecular weight is 369 g/mol. The fourth-order valence-electron chi connectivity index (χ4n) is 3.97. The molecular formula is C23H23N5. The van der Waals surface area contributed by atoms with Gasteiger partial charge in [-0.05, 0) is 28.7 Å². The van der Waals surface area contributed by atoms with Crippen LogP contribution in [0, 0.1) is 0 Å². The lowest BCUT2D eigenvalue weighted by atomic mass is 9.86. The van der Waals surface area contributed by atoms with Crippen molar-refractivity contribution in [2.24, 2.45) is 0 Å².